The fourth-order valence-corrected chi connectivity index (χ4v) is 21.1. The zero-order chi connectivity index (χ0) is 28.9. The molecule has 0 aromatic heterocycles. The summed E-state index contributed by atoms with van der Waals surface area (Å²) in [5, 5.41) is 11.7. The van der Waals surface area contributed by atoms with Gasteiger partial charge in [0, 0.05) is 0 Å². The summed E-state index contributed by atoms with van der Waals surface area (Å²) in [6, 6.07) is 0. The zero-order valence-electron chi connectivity index (χ0n) is 27.5. The Morgan fingerprint density at radius 2 is 1.35 bits per heavy atom. The molecular weight excluding hydrogens is 575 g/mol. The zero-order valence-corrected chi connectivity index (χ0v) is 31.4. The van der Waals surface area contributed by atoms with Gasteiger partial charge in [0.1, 0.15) is 0 Å². The van der Waals surface area contributed by atoms with Crippen molar-refractivity contribution in [3.8, 4) is 0 Å². The van der Waals surface area contributed by atoms with Crippen molar-refractivity contribution in [3.63, 3.8) is 0 Å². The van der Waals surface area contributed by atoms with Crippen molar-refractivity contribution in [2.75, 3.05) is 0 Å². The molecule has 0 saturated carbocycles. The maximum absolute atomic E-state index is 11.5. The molecule has 220 valence electrons. The maximum atomic E-state index is 11.5. The molecule has 0 saturated heterocycles. The van der Waals surface area contributed by atoms with Crippen molar-refractivity contribution >= 4 is 26.7 Å². The van der Waals surface area contributed by atoms with Crippen LogP contribution in [-0.4, -0.2) is 44.0 Å². The molecule has 0 aliphatic carbocycles. The fraction of sp³-hybridized carbons (Fsp3) is 0.879. The molecule has 0 spiro atoms. The van der Waals surface area contributed by atoms with Gasteiger partial charge in [0.2, 0.25) is 0 Å². The van der Waals surface area contributed by atoms with E-state index in [2.05, 4.69) is 105 Å². The van der Waals surface area contributed by atoms with E-state index in [0.29, 0.717) is 5.92 Å². The Labute approximate surface area is 239 Å². The third-order valence-corrected chi connectivity index (χ3v) is 27.9. The van der Waals surface area contributed by atoms with E-state index >= 15 is 0 Å². The quantitative estimate of drug-likeness (QED) is 0.112. The van der Waals surface area contributed by atoms with Crippen LogP contribution in [-0.2, 0) is 4.43 Å². The number of unbranched alkanes of at least 4 members (excludes halogenated alkanes) is 3. The first-order valence-corrected chi connectivity index (χ1v) is 26.5. The van der Waals surface area contributed by atoms with E-state index in [1.54, 1.807) is 0 Å². The van der Waals surface area contributed by atoms with Gasteiger partial charge in [-0.1, -0.05) is 0 Å². The molecule has 0 unspecified atom stereocenters. The van der Waals surface area contributed by atoms with Gasteiger partial charge < -0.3 is 0 Å². The van der Waals surface area contributed by atoms with Gasteiger partial charge in [0.25, 0.3) is 0 Å². The van der Waals surface area contributed by atoms with Gasteiger partial charge >= 0.3 is 241 Å². The van der Waals surface area contributed by atoms with E-state index in [4.69, 9.17) is 4.43 Å². The molecule has 0 rings (SSSR count). The molecule has 5 atom stereocenters. The Bertz CT molecular complexity index is 642. The number of rotatable bonds is 19. The van der Waals surface area contributed by atoms with Crippen LogP contribution in [0.25, 0.3) is 0 Å². The third-order valence-electron chi connectivity index (χ3n) is 9.35. The number of allylic oxidation sites excluding steroid dienone is 2. The van der Waals surface area contributed by atoms with Gasteiger partial charge in [-0.15, -0.1) is 0 Å². The van der Waals surface area contributed by atoms with Gasteiger partial charge in [0.15, 0.2) is 0 Å². The van der Waals surface area contributed by atoms with Crippen LogP contribution in [0.15, 0.2) is 21.8 Å². The Morgan fingerprint density at radius 3 is 1.73 bits per heavy atom. The van der Waals surface area contributed by atoms with Crippen molar-refractivity contribution in [2.45, 2.75) is 165 Å². The molecule has 0 radical (unpaired) electrons. The summed E-state index contributed by atoms with van der Waals surface area (Å²) in [7, 11) is -1.92. The average molecular weight is 644 g/mol. The second-order valence-electron chi connectivity index (χ2n) is 13.9. The molecule has 0 aliphatic rings. The van der Waals surface area contributed by atoms with Gasteiger partial charge in [-0.3, -0.25) is 0 Å². The average Bonchev–Trinajstić information content (AvgIpc) is 2.84. The summed E-state index contributed by atoms with van der Waals surface area (Å²) < 4.78 is 14.2. The number of aliphatic hydroxyl groups is 1. The minimum absolute atomic E-state index is 0.0913. The number of hydrogen-bond donors (Lipinski definition) is 1. The first-order valence-electron chi connectivity index (χ1n) is 15.8. The first kappa shape index (κ1) is 37.4. The predicted octanol–water partition coefficient (Wildman–Crippen LogP) is 10.9. The second-order valence-corrected chi connectivity index (χ2v) is 31.6. The predicted molar refractivity (Wildman–Crippen MR) is 174 cm³/mol. The Kier molecular flexibility index (Phi) is 18.2. The molecule has 4 heteroatoms. The van der Waals surface area contributed by atoms with Crippen molar-refractivity contribution in [3.05, 3.63) is 21.8 Å². The van der Waals surface area contributed by atoms with Gasteiger partial charge in [-0.25, -0.2) is 0 Å². The molecule has 0 bridgehead atoms. The topological polar surface area (TPSA) is 29.5 Å². The molecule has 37 heavy (non-hydrogen) atoms. The third kappa shape index (κ3) is 13.1. The number of hydrogen-bond acceptors (Lipinski definition) is 2. The monoisotopic (exact) mass is 644 g/mol. The van der Waals surface area contributed by atoms with Crippen molar-refractivity contribution < 1.29 is 9.53 Å². The minimum atomic E-state index is -2.29. The van der Waals surface area contributed by atoms with Crippen LogP contribution in [0.4, 0.5) is 0 Å². The van der Waals surface area contributed by atoms with Crippen LogP contribution in [0.2, 0.25) is 31.4 Å². The van der Waals surface area contributed by atoms with Crippen LogP contribution >= 0.6 is 0 Å². The fourth-order valence-electron chi connectivity index (χ4n) is 5.25. The van der Waals surface area contributed by atoms with Crippen LogP contribution in [0.5, 0.6) is 0 Å². The van der Waals surface area contributed by atoms with Crippen LogP contribution in [0, 0.1) is 17.8 Å². The van der Waals surface area contributed by atoms with Crippen molar-refractivity contribution in [2.24, 2.45) is 17.8 Å². The molecule has 0 aromatic rings. The Morgan fingerprint density at radius 1 is 0.892 bits per heavy atom. The van der Waals surface area contributed by atoms with Gasteiger partial charge in [-0.2, -0.15) is 0 Å². The molecule has 0 aromatic carbocycles. The molecule has 0 amide bonds. The SMILES string of the molecule is CCC[CH2][Sn](/[CH]=C/C(C)=C/[C@@H](C)[C@@H](O)[C@@H](C)[C@H](O[Si](C)(C)C(C)(C)C)[C@@H](C)CC)([CH2]CCC)[CH2]CCC. The van der Waals surface area contributed by atoms with E-state index in [0.717, 1.165) is 6.42 Å². The Balaban J connectivity index is 5.80. The van der Waals surface area contributed by atoms with E-state index in [9.17, 15) is 5.11 Å². The number of aliphatic hydroxyl groups excluding tert-OH is 1. The van der Waals surface area contributed by atoms with Crippen LogP contribution in [0.1, 0.15) is 121 Å². The summed E-state index contributed by atoms with van der Waals surface area (Å²) in [6.45, 7) is 29.8. The van der Waals surface area contributed by atoms with E-state index < -0.39 is 32.8 Å². The van der Waals surface area contributed by atoms with Crippen molar-refractivity contribution in [1.29, 1.82) is 0 Å². The summed E-state index contributed by atoms with van der Waals surface area (Å²) >= 11 is -2.29. The summed E-state index contributed by atoms with van der Waals surface area (Å²) in [5.41, 5.74) is 1.33. The summed E-state index contributed by atoms with van der Waals surface area (Å²) in [4.78, 5) is 0. The normalized spacial score (nSPS) is 18.2. The molecular formula is C33H68O2SiSn. The molecule has 0 heterocycles. The van der Waals surface area contributed by atoms with E-state index in [-0.39, 0.29) is 23.0 Å². The van der Waals surface area contributed by atoms with Gasteiger partial charge in [-0.05, 0) is 0 Å². The summed E-state index contributed by atoms with van der Waals surface area (Å²) in [5.74, 6) is 0.645. The van der Waals surface area contributed by atoms with Crippen LogP contribution in [0.3, 0.4) is 0 Å². The summed E-state index contributed by atoms with van der Waals surface area (Å²) in [6.07, 6.45) is 13.7. The van der Waals surface area contributed by atoms with Gasteiger partial charge in [0.05, 0.1) is 0 Å². The van der Waals surface area contributed by atoms with Crippen molar-refractivity contribution in [1.82, 2.24) is 0 Å². The molecule has 1 N–H and O–H groups in total. The molecule has 2 nitrogen and oxygen atoms in total. The second kappa shape index (κ2) is 18.0. The van der Waals surface area contributed by atoms with E-state index in [1.165, 1.54) is 57.4 Å². The Hall–Kier alpha value is 0.416. The molecule has 0 fully saturated rings. The van der Waals surface area contributed by atoms with E-state index in [1.807, 2.05) is 0 Å². The standard InChI is InChI=1S/C21H41O2Si.3C4H9.Sn/c1-12-15(3)14-17(5)19(22)18(6)20(16(4)13-2)23-24(10,11)21(7,8)9;3*1-3-4-2;/h1,12,14,16-20,22H,13H2,2-11H3;3*1,3-4H2,2H3;/b12-1?,15-14+;;;;/t16-,17+,18+,19+,20+;;;;/m0..../s1. The first-order chi connectivity index (χ1) is 17.1. The molecule has 0 aliphatic heterocycles. The van der Waals surface area contributed by atoms with Crippen LogP contribution < -0.4 is 0 Å².